The van der Waals surface area contributed by atoms with Gasteiger partial charge in [0.2, 0.25) is 10.0 Å². The first kappa shape index (κ1) is 15.4. The molecule has 0 bridgehead atoms. The Kier molecular flexibility index (Phi) is 3.66. The number of benzene rings is 2. The van der Waals surface area contributed by atoms with Gasteiger partial charge in [0.05, 0.1) is 4.90 Å². The first-order valence-corrected chi connectivity index (χ1v) is 9.55. The second kappa shape index (κ2) is 5.72. The van der Waals surface area contributed by atoms with E-state index in [9.17, 15) is 13.2 Å². The minimum absolute atomic E-state index is 0.0670. The van der Waals surface area contributed by atoms with Crippen LogP contribution < -0.4 is 9.62 Å². The lowest BCUT2D eigenvalue weighted by molar-refractivity contribution is 0.0989. The van der Waals surface area contributed by atoms with E-state index in [0.717, 1.165) is 24.9 Å². The maximum absolute atomic E-state index is 12.7. The zero-order chi connectivity index (χ0) is 16.7. The monoisotopic (exact) mass is 342 g/mol. The molecule has 1 aliphatic heterocycles. The van der Waals surface area contributed by atoms with Crippen LogP contribution in [0, 0.1) is 0 Å². The Morgan fingerprint density at radius 1 is 1.04 bits per heavy atom. The fourth-order valence-corrected chi connectivity index (χ4v) is 4.28. The van der Waals surface area contributed by atoms with Crippen molar-refractivity contribution in [2.24, 2.45) is 0 Å². The highest BCUT2D eigenvalue weighted by Crippen LogP contribution is 2.29. The summed E-state index contributed by atoms with van der Waals surface area (Å²) in [6, 6.07) is 14.1. The fraction of sp³-hybridized carbons (Fsp3) is 0.278. The van der Waals surface area contributed by atoms with Gasteiger partial charge in [0.25, 0.3) is 5.91 Å². The topological polar surface area (TPSA) is 66.5 Å². The predicted octanol–water partition coefficient (Wildman–Crippen LogP) is 2.33. The molecule has 0 spiro atoms. The van der Waals surface area contributed by atoms with E-state index in [1.807, 2.05) is 24.3 Å². The van der Waals surface area contributed by atoms with Crippen molar-refractivity contribution in [3.05, 3.63) is 59.7 Å². The Balaban J connectivity index is 1.56. The zero-order valence-electron chi connectivity index (χ0n) is 13.1. The number of hydrogen-bond donors (Lipinski definition) is 1. The molecule has 0 aromatic heterocycles. The Morgan fingerprint density at radius 2 is 1.75 bits per heavy atom. The summed E-state index contributed by atoms with van der Waals surface area (Å²) < 4.78 is 27.0. The average Bonchev–Trinajstić information content (AvgIpc) is 3.29. The van der Waals surface area contributed by atoms with Crippen LogP contribution in [0.15, 0.2) is 53.4 Å². The van der Waals surface area contributed by atoms with Gasteiger partial charge in [0, 0.05) is 23.8 Å². The molecule has 0 atom stereocenters. The number of para-hydroxylation sites is 1. The van der Waals surface area contributed by atoms with Gasteiger partial charge >= 0.3 is 0 Å². The molecule has 0 saturated heterocycles. The van der Waals surface area contributed by atoms with Crippen molar-refractivity contribution >= 4 is 21.6 Å². The first-order chi connectivity index (χ1) is 11.5. The van der Waals surface area contributed by atoms with Gasteiger partial charge in [-0.15, -0.1) is 0 Å². The number of sulfonamides is 1. The Labute approximate surface area is 141 Å². The lowest BCUT2D eigenvalue weighted by Gasteiger charge is -2.17. The van der Waals surface area contributed by atoms with E-state index < -0.39 is 10.0 Å². The number of nitrogens with one attached hydrogen (secondary N) is 1. The molecule has 2 aromatic rings. The molecule has 2 aromatic carbocycles. The molecule has 24 heavy (non-hydrogen) atoms. The summed E-state index contributed by atoms with van der Waals surface area (Å²) in [7, 11) is -3.48. The quantitative estimate of drug-likeness (QED) is 0.927. The number of rotatable bonds is 4. The summed E-state index contributed by atoms with van der Waals surface area (Å²) in [5, 5.41) is 0. The van der Waals surface area contributed by atoms with Gasteiger partial charge in [-0.25, -0.2) is 13.1 Å². The van der Waals surface area contributed by atoms with Gasteiger partial charge in [0.1, 0.15) is 0 Å². The molecular formula is C18H18N2O3S. The lowest BCUT2D eigenvalue weighted by atomic mass is 10.1. The van der Waals surface area contributed by atoms with Crippen LogP contribution in [0.25, 0.3) is 0 Å². The molecule has 0 radical (unpaired) electrons. The number of carbonyl (C=O) groups is 1. The first-order valence-electron chi connectivity index (χ1n) is 8.07. The van der Waals surface area contributed by atoms with Crippen LogP contribution in [-0.2, 0) is 16.4 Å². The van der Waals surface area contributed by atoms with Crippen molar-refractivity contribution in [2.45, 2.75) is 30.2 Å². The SMILES string of the molecule is O=C(c1ccc(S(=O)(=O)NC2CC2)cc1)N1CCc2ccccc21. The van der Waals surface area contributed by atoms with Crippen molar-refractivity contribution in [3.8, 4) is 0 Å². The second-order valence-corrected chi connectivity index (χ2v) is 7.97. The zero-order valence-corrected chi connectivity index (χ0v) is 13.9. The van der Waals surface area contributed by atoms with E-state index in [2.05, 4.69) is 4.72 Å². The number of carbonyl (C=O) groups excluding carboxylic acids is 1. The summed E-state index contributed by atoms with van der Waals surface area (Å²) in [5.74, 6) is -0.0981. The maximum Gasteiger partial charge on any atom is 0.258 e. The normalized spacial score (nSPS) is 16.9. The molecule has 1 fully saturated rings. The van der Waals surface area contributed by atoms with E-state index in [1.54, 1.807) is 17.0 Å². The van der Waals surface area contributed by atoms with Crippen LogP contribution in [0.5, 0.6) is 0 Å². The summed E-state index contributed by atoms with van der Waals surface area (Å²) in [6.45, 7) is 0.654. The van der Waals surface area contributed by atoms with Crippen molar-refractivity contribution < 1.29 is 13.2 Å². The van der Waals surface area contributed by atoms with Crippen LogP contribution in [-0.4, -0.2) is 26.9 Å². The van der Waals surface area contributed by atoms with E-state index in [-0.39, 0.29) is 16.8 Å². The van der Waals surface area contributed by atoms with Gasteiger partial charge in [-0.2, -0.15) is 0 Å². The Morgan fingerprint density at radius 3 is 2.46 bits per heavy atom. The highest BCUT2D eigenvalue weighted by atomic mass is 32.2. The smallest absolute Gasteiger partial charge is 0.258 e. The van der Waals surface area contributed by atoms with E-state index in [4.69, 9.17) is 0 Å². The summed E-state index contributed by atoms with van der Waals surface area (Å²) >= 11 is 0. The minimum Gasteiger partial charge on any atom is -0.308 e. The second-order valence-electron chi connectivity index (χ2n) is 6.26. The van der Waals surface area contributed by atoms with E-state index in [0.29, 0.717) is 12.1 Å². The Bertz CT molecular complexity index is 887. The van der Waals surface area contributed by atoms with Gasteiger partial charge < -0.3 is 4.90 Å². The average molecular weight is 342 g/mol. The molecule has 0 unspecified atom stereocenters. The molecule has 1 saturated carbocycles. The third kappa shape index (κ3) is 2.83. The van der Waals surface area contributed by atoms with Crippen molar-refractivity contribution in [2.75, 3.05) is 11.4 Å². The molecule has 1 heterocycles. The predicted molar refractivity (Wildman–Crippen MR) is 91.6 cm³/mol. The molecule has 1 aliphatic carbocycles. The molecule has 5 nitrogen and oxygen atoms in total. The highest BCUT2D eigenvalue weighted by molar-refractivity contribution is 7.89. The van der Waals surface area contributed by atoms with Crippen LogP contribution in [0.2, 0.25) is 0 Å². The maximum atomic E-state index is 12.7. The van der Waals surface area contributed by atoms with Crippen molar-refractivity contribution in [1.82, 2.24) is 4.72 Å². The van der Waals surface area contributed by atoms with Gasteiger partial charge in [-0.1, -0.05) is 18.2 Å². The molecular weight excluding hydrogens is 324 g/mol. The summed E-state index contributed by atoms with van der Waals surface area (Å²) in [4.78, 5) is 14.7. The Hall–Kier alpha value is -2.18. The van der Waals surface area contributed by atoms with Crippen LogP contribution >= 0.6 is 0 Å². The van der Waals surface area contributed by atoms with Crippen molar-refractivity contribution in [3.63, 3.8) is 0 Å². The number of amides is 1. The van der Waals surface area contributed by atoms with Crippen LogP contribution in [0.1, 0.15) is 28.8 Å². The largest absolute Gasteiger partial charge is 0.308 e. The van der Waals surface area contributed by atoms with Crippen LogP contribution in [0.4, 0.5) is 5.69 Å². The van der Waals surface area contributed by atoms with Gasteiger partial charge in [0.15, 0.2) is 0 Å². The third-order valence-electron chi connectivity index (χ3n) is 4.44. The number of nitrogens with zero attached hydrogens (tertiary/aromatic N) is 1. The molecule has 1 amide bonds. The third-order valence-corrected chi connectivity index (χ3v) is 5.98. The standard InChI is InChI=1S/C18H18N2O3S/c21-18(20-12-11-13-3-1-2-4-17(13)20)14-5-9-16(10-6-14)24(22,23)19-15-7-8-15/h1-6,9-10,15,19H,7-8,11-12H2. The van der Waals surface area contributed by atoms with E-state index >= 15 is 0 Å². The summed E-state index contributed by atoms with van der Waals surface area (Å²) in [6.07, 6.45) is 2.63. The molecule has 1 N–H and O–H groups in total. The number of hydrogen-bond acceptors (Lipinski definition) is 3. The van der Waals surface area contributed by atoms with Gasteiger partial charge in [-0.05, 0) is 55.2 Å². The summed E-state index contributed by atoms with van der Waals surface area (Å²) in [5.41, 5.74) is 2.60. The highest BCUT2D eigenvalue weighted by Gasteiger charge is 2.29. The number of anilines is 1. The molecule has 4 rings (SSSR count). The molecule has 6 heteroatoms. The molecule has 2 aliphatic rings. The van der Waals surface area contributed by atoms with Crippen molar-refractivity contribution in [1.29, 1.82) is 0 Å². The fourth-order valence-electron chi connectivity index (χ4n) is 2.97. The van der Waals surface area contributed by atoms with E-state index in [1.165, 1.54) is 17.7 Å². The minimum atomic E-state index is -3.48. The molecule has 124 valence electrons. The lowest BCUT2D eigenvalue weighted by Crippen LogP contribution is -2.29. The number of fused-ring (bicyclic) bond motifs is 1. The van der Waals surface area contributed by atoms with Gasteiger partial charge in [-0.3, -0.25) is 4.79 Å². The van der Waals surface area contributed by atoms with Crippen LogP contribution in [0.3, 0.4) is 0 Å².